The maximum atomic E-state index is 9.81. The standard InChI is InChI=1S/C18H9Cl6NO/c19-12-3-1-10(14(21)16(12)23)8-5-9(7-26)18(25-6-8)11-2-4-13(20)17(24)15(11)22/h1-6,26H,7H2. The first-order valence-corrected chi connectivity index (χ1v) is 9.49. The highest BCUT2D eigenvalue weighted by Gasteiger charge is 2.17. The number of hydrogen-bond acceptors (Lipinski definition) is 2. The van der Waals surface area contributed by atoms with Gasteiger partial charge in [0.25, 0.3) is 0 Å². The molecule has 1 aromatic heterocycles. The molecule has 8 heteroatoms. The number of rotatable bonds is 3. The normalized spacial score (nSPS) is 11.0. The number of halogens is 6. The highest BCUT2D eigenvalue weighted by molar-refractivity contribution is 6.49. The second-order valence-electron chi connectivity index (χ2n) is 5.34. The van der Waals surface area contributed by atoms with Crippen molar-refractivity contribution in [1.82, 2.24) is 4.98 Å². The van der Waals surface area contributed by atoms with Crippen molar-refractivity contribution in [3.63, 3.8) is 0 Å². The van der Waals surface area contributed by atoms with E-state index in [1.165, 1.54) is 0 Å². The molecule has 1 N–H and O–H groups in total. The van der Waals surface area contributed by atoms with Crippen LogP contribution in [0.25, 0.3) is 22.4 Å². The van der Waals surface area contributed by atoms with E-state index in [1.807, 2.05) is 0 Å². The monoisotopic (exact) mass is 465 g/mol. The summed E-state index contributed by atoms with van der Waals surface area (Å²) >= 11 is 36.7. The summed E-state index contributed by atoms with van der Waals surface area (Å²) in [5.41, 5.74) is 2.94. The van der Waals surface area contributed by atoms with E-state index in [2.05, 4.69) is 4.98 Å². The van der Waals surface area contributed by atoms with E-state index < -0.39 is 0 Å². The third-order valence-electron chi connectivity index (χ3n) is 3.77. The van der Waals surface area contributed by atoms with Gasteiger partial charge in [-0.1, -0.05) is 75.7 Å². The van der Waals surface area contributed by atoms with Gasteiger partial charge in [0.05, 0.1) is 42.4 Å². The smallest absolute Gasteiger partial charge is 0.0785 e. The van der Waals surface area contributed by atoms with Gasteiger partial charge in [0.2, 0.25) is 0 Å². The summed E-state index contributed by atoms with van der Waals surface area (Å²) in [6, 6.07) is 8.46. The average Bonchev–Trinajstić information content (AvgIpc) is 2.64. The van der Waals surface area contributed by atoms with Crippen molar-refractivity contribution in [2.24, 2.45) is 0 Å². The van der Waals surface area contributed by atoms with Crippen LogP contribution >= 0.6 is 69.6 Å². The van der Waals surface area contributed by atoms with Crippen molar-refractivity contribution < 1.29 is 5.11 Å². The van der Waals surface area contributed by atoms with E-state index in [0.717, 1.165) is 0 Å². The second kappa shape index (κ2) is 8.12. The van der Waals surface area contributed by atoms with Gasteiger partial charge in [-0.15, -0.1) is 0 Å². The van der Waals surface area contributed by atoms with Gasteiger partial charge < -0.3 is 5.11 Å². The summed E-state index contributed by atoms with van der Waals surface area (Å²) in [5.74, 6) is 0. The van der Waals surface area contributed by atoms with Crippen LogP contribution in [0.1, 0.15) is 5.56 Å². The number of hydrogen-bond donors (Lipinski definition) is 1. The summed E-state index contributed by atoms with van der Waals surface area (Å²) in [6.07, 6.45) is 1.61. The number of aliphatic hydroxyl groups excluding tert-OH is 1. The molecule has 2 aromatic carbocycles. The highest BCUT2D eigenvalue weighted by Crippen LogP contribution is 2.41. The molecule has 134 valence electrons. The molecule has 0 aliphatic carbocycles. The minimum atomic E-state index is -0.258. The molecule has 0 amide bonds. The molecule has 3 rings (SSSR count). The third-order valence-corrected chi connectivity index (χ3v) is 6.36. The van der Waals surface area contributed by atoms with Crippen LogP contribution in [-0.2, 0) is 6.61 Å². The van der Waals surface area contributed by atoms with Crippen LogP contribution in [-0.4, -0.2) is 10.1 Å². The van der Waals surface area contributed by atoms with E-state index in [1.54, 1.807) is 36.5 Å². The zero-order valence-corrected chi connectivity index (χ0v) is 17.4. The van der Waals surface area contributed by atoms with Gasteiger partial charge in [-0.2, -0.15) is 0 Å². The molecular formula is C18H9Cl6NO. The molecule has 0 unspecified atom stereocenters. The molecule has 0 radical (unpaired) electrons. The summed E-state index contributed by atoms with van der Waals surface area (Å²) in [7, 11) is 0. The summed E-state index contributed by atoms with van der Waals surface area (Å²) < 4.78 is 0. The number of pyridine rings is 1. The molecule has 1 heterocycles. The Morgan fingerprint density at radius 2 is 1.27 bits per heavy atom. The van der Waals surface area contributed by atoms with Gasteiger partial charge in [0, 0.05) is 28.5 Å². The molecule has 0 aliphatic rings. The first-order valence-electron chi connectivity index (χ1n) is 7.22. The Bertz CT molecular complexity index is 1010. The first-order chi connectivity index (χ1) is 12.3. The van der Waals surface area contributed by atoms with Gasteiger partial charge >= 0.3 is 0 Å². The predicted octanol–water partition coefficient (Wildman–Crippen LogP) is 7.83. The largest absolute Gasteiger partial charge is 0.392 e. The molecule has 2 nitrogen and oxygen atoms in total. The van der Waals surface area contributed by atoms with Crippen molar-refractivity contribution in [3.05, 3.63) is 72.2 Å². The summed E-state index contributed by atoms with van der Waals surface area (Å²) in [6.45, 7) is -0.258. The van der Waals surface area contributed by atoms with Crippen LogP contribution in [0.2, 0.25) is 30.1 Å². The minimum Gasteiger partial charge on any atom is -0.392 e. The van der Waals surface area contributed by atoms with Gasteiger partial charge in [0.1, 0.15) is 0 Å². The lowest BCUT2D eigenvalue weighted by Gasteiger charge is -2.13. The molecule has 26 heavy (non-hydrogen) atoms. The van der Waals surface area contributed by atoms with E-state index in [0.29, 0.717) is 43.0 Å². The fourth-order valence-electron chi connectivity index (χ4n) is 2.48. The van der Waals surface area contributed by atoms with Crippen molar-refractivity contribution in [2.75, 3.05) is 0 Å². The zero-order valence-electron chi connectivity index (χ0n) is 12.8. The van der Waals surface area contributed by atoms with E-state index in [9.17, 15) is 5.11 Å². The lowest BCUT2D eigenvalue weighted by Crippen LogP contribution is -1.96. The van der Waals surface area contributed by atoms with Crippen LogP contribution in [0.3, 0.4) is 0 Å². The van der Waals surface area contributed by atoms with E-state index in [-0.39, 0.29) is 21.7 Å². The zero-order chi connectivity index (χ0) is 19.0. The van der Waals surface area contributed by atoms with Gasteiger partial charge in [0.15, 0.2) is 0 Å². The van der Waals surface area contributed by atoms with Gasteiger partial charge in [-0.05, 0) is 24.3 Å². The average molecular weight is 468 g/mol. The molecule has 0 saturated carbocycles. The third kappa shape index (κ3) is 3.65. The van der Waals surface area contributed by atoms with Crippen LogP contribution in [0.15, 0.2) is 36.5 Å². The Morgan fingerprint density at radius 1 is 0.731 bits per heavy atom. The molecule has 0 bridgehead atoms. The predicted molar refractivity (Wildman–Crippen MR) is 111 cm³/mol. The van der Waals surface area contributed by atoms with Gasteiger partial charge in [-0.25, -0.2) is 0 Å². The van der Waals surface area contributed by atoms with Gasteiger partial charge in [-0.3, -0.25) is 4.98 Å². The lowest BCUT2D eigenvalue weighted by atomic mass is 10.0. The quantitative estimate of drug-likeness (QED) is 0.398. The summed E-state index contributed by atoms with van der Waals surface area (Å²) in [4.78, 5) is 4.44. The molecule has 0 saturated heterocycles. The Morgan fingerprint density at radius 3 is 1.85 bits per heavy atom. The van der Waals surface area contributed by atoms with E-state index in [4.69, 9.17) is 69.6 Å². The molecular weight excluding hydrogens is 459 g/mol. The SMILES string of the molecule is OCc1cc(-c2ccc(Cl)c(Cl)c2Cl)cnc1-c1ccc(Cl)c(Cl)c1Cl. The lowest BCUT2D eigenvalue weighted by molar-refractivity contribution is 0.282. The Labute approximate surface area is 180 Å². The molecule has 0 fully saturated rings. The van der Waals surface area contributed by atoms with E-state index >= 15 is 0 Å². The van der Waals surface area contributed by atoms with Crippen molar-refractivity contribution in [1.29, 1.82) is 0 Å². The van der Waals surface area contributed by atoms with Crippen LogP contribution in [0.5, 0.6) is 0 Å². The van der Waals surface area contributed by atoms with Crippen molar-refractivity contribution in [3.8, 4) is 22.4 Å². The number of aliphatic hydroxyl groups is 1. The molecule has 0 atom stereocenters. The van der Waals surface area contributed by atoms with Crippen LogP contribution in [0.4, 0.5) is 0 Å². The minimum absolute atomic E-state index is 0.230. The number of nitrogens with zero attached hydrogens (tertiary/aromatic N) is 1. The topological polar surface area (TPSA) is 33.1 Å². The summed E-state index contributed by atoms with van der Waals surface area (Å²) in [5, 5.41) is 11.6. The fraction of sp³-hybridized carbons (Fsp3) is 0.0556. The number of benzene rings is 2. The second-order valence-corrected chi connectivity index (χ2v) is 7.66. The Kier molecular flexibility index (Phi) is 6.25. The van der Waals surface area contributed by atoms with Crippen LogP contribution < -0.4 is 0 Å². The highest BCUT2D eigenvalue weighted by atomic mass is 35.5. The molecule has 0 spiro atoms. The Balaban J connectivity index is 2.16. The Hall–Kier alpha value is -0.710. The fourth-order valence-corrected chi connectivity index (χ4v) is 3.75. The maximum Gasteiger partial charge on any atom is 0.0785 e. The van der Waals surface area contributed by atoms with Crippen molar-refractivity contribution in [2.45, 2.75) is 6.61 Å². The maximum absolute atomic E-state index is 9.81. The molecule has 0 aliphatic heterocycles. The van der Waals surface area contributed by atoms with Crippen molar-refractivity contribution >= 4 is 69.6 Å². The van der Waals surface area contributed by atoms with Crippen LogP contribution in [0, 0.1) is 0 Å². The first kappa shape index (κ1) is 20.0. The number of aromatic nitrogens is 1. The molecule has 3 aromatic rings.